The third-order valence-corrected chi connectivity index (χ3v) is 5.86. The summed E-state index contributed by atoms with van der Waals surface area (Å²) < 4.78 is 5.59. The number of rotatable bonds is 13. The van der Waals surface area contributed by atoms with Gasteiger partial charge < -0.3 is 20.3 Å². The Morgan fingerprint density at radius 2 is 1.51 bits per heavy atom. The summed E-state index contributed by atoms with van der Waals surface area (Å²) in [5.41, 5.74) is 4.14. The van der Waals surface area contributed by atoms with E-state index in [4.69, 9.17) is 9.84 Å². The average molecular weight is 561 g/mol. The Kier molecular flexibility index (Phi) is 17.6. The van der Waals surface area contributed by atoms with Crippen molar-refractivity contribution >= 4 is 0 Å². The second-order valence-electron chi connectivity index (χ2n) is 8.97. The topological polar surface area (TPSA) is 105 Å². The molecule has 0 saturated carbocycles. The second-order valence-corrected chi connectivity index (χ2v) is 8.97. The zero-order valence-electron chi connectivity index (χ0n) is 24.6. The number of nitrogens with one attached hydrogen (secondary N) is 1. The Morgan fingerprint density at radius 3 is 2.02 bits per heavy atom. The number of hydrogen-bond donors (Lipinski definition) is 3. The molecule has 2 atom stereocenters. The highest BCUT2D eigenvalue weighted by Crippen LogP contribution is 2.15. The lowest BCUT2D eigenvalue weighted by Gasteiger charge is -2.12. The highest BCUT2D eigenvalue weighted by atomic mass is 16.6. The molecule has 0 fully saturated rings. The summed E-state index contributed by atoms with van der Waals surface area (Å²) in [4.78, 5) is 10.6. The molecule has 3 aromatic carbocycles. The minimum Gasteiger partial charge on any atom is -0.508 e. The predicted octanol–water partition coefficient (Wildman–Crippen LogP) is 7.00. The van der Waals surface area contributed by atoms with Crippen molar-refractivity contribution in [3.63, 3.8) is 0 Å². The van der Waals surface area contributed by atoms with Gasteiger partial charge in [-0.25, -0.2) is 0 Å². The Hall–Kier alpha value is -4.20. The van der Waals surface area contributed by atoms with Crippen molar-refractivity contribution in [1.29, 1.82) is 0 Å². The molecule has 0 heterocycles. The van der Waals surface area contributed by atoms with Crippen LogP contribution in [0.4, 0.5) is 0 Å². The number of nitrogens with zero attached hydrogens (tertiary/aromatic N) is 1. The van der Waals surface area contributed by atoms with Crippen LogP contribution >= 0.6 is 0 Å². The summed E-state index contributed by atoms with van der Waals surface area (Å²) in [5, 5.41) is 33.1. The molecule has 0 amide bonds. The predicted molar refractivity (Wildman–Crippen MR) is 167 cm³/mol. The highest BCUT2D eigenvalue weighted by Gasteiger charge is 2.23. The maximum atomic E-state index is 11.1. The number of hydrogen-bond acceptors (Lipinski definition) is 6. The van der Waals surface area contributed by atoms with Crippen LogP contribution in [0.5, 0.6) is 5.75 Å². The molecule has 0 aromatic heterocycles. The molecule has 3 N–H and O–H groups in total. The molecular formula is C34H44N2O5. The molecule has 0 saturated heterocycles. The first-order valence-electron chi connectivity index (χ1n) is 13.8. The van der Waals surface area contributed by atoms with Gasteiger partial charge in [-0.15, -0.1) is 0 Å². The van der Waals surface area contributed by atoms with Gasteiger partial charge in [0, 0.05) is 11.5 Å². The summed E-state index contributed by atoms with van der Waals surface area (Å²) >= 11 is 0. The van der Waals surface area contributed by atoms with E-state index in [1.54, 1.807) is 32.1 Å². The molecule has 0 spiro atoms. The number of nitro groups is 1. The van der Waals surface area contributed by atoms with Crippen LogP contribution in [0.15, 0.2) is 121 Å². The molecule has 3 rings (SSSR count). The number of phenols is 1. The van der Waals surface area contributed by atoms with E-state index >= 15 is 0 Å². The van der Waals surface area contributed by atoms with Crippen LogP contribution in [0.2, 0.25) is 0 Å². The normalized spacial score (nSPS) is 12.5. The van der Waals surface area contributed by atoms with E-state index in [1.807, 2.05) is 62.4 Å². The van der Waals surface area contributed by atoms with E-state index in [2.05, 4.69) is 36.2 Å². The number of phenolic OH excluding ortho intramolecular Hbond substituents is 1. The first-order valence-corrected chi connectivity index (χ1v) is 13.8. The van der Waals surface area contributed by atoms with E-state index in [0.29, 0.717) is 11.3 Å². The summed E-state index contributed by atoms with van der Waals surface area (Å²) in [5.74, 6) is 0.509. The van der Waals surface area contributed by atoms with Crippen molar-refractivity contribution in [2.75, 3.05) is 6.54 Å². The number of ether oxygens (including phenoxy) is 1. The van der Waals surface area contributed by atoms with Gasteiger partial charge in [0.1, 0.15) is 12.4 Å². The zero-order chi connectivity index (χ0) is 30.5. The van der Waals surface area contributed by atoms with Gasteiger partial charge in [0.2, 0.25) is 0 Å². The summed E-state index contributed by atoms with van der Waals surface area (Å²) in [6.45, 7) is 12.9. The second kappa shape index (κ2) is 20.7. The lowest BCUT2D eigenvalue weighted by molar-refractivity contribution is -0.504. The van der Waals surface area contributed by atoms with E-state index in [9.17, 15) is 15.2 Å². The Labute approximate surface area is 244 Å². The molecule has 2 unspecified atom stereocenters. The third kappa shape index (κ3) is 14.7. The van der Waals surface area contributed by atoms with Crippen molar-refractivity contribution in [2.24, 2.45) is 0 Å². The lowest BCUT2D eigenvalue weighted by Crippen LogP contribution is -2.21. The number of aromatic hydroxyl groups is 1. The van der Waals surface area contributed by atoms with Gasteiger partial charge in [0.05, 0.1) is 6.10 Å². The monoisotopic (exact) mass is 560 g/mol. The van der Waals surface area contributed by atoms with Gasteiger partial charge in [-0.3, -0.25) is 10.1 Å². The SMILES string of the molecule is C=CC(/C(=C\C=C(/C)C(C)O)OCc1ccccc1)[N+](=O)[O-].CC.Oc1ccc(CCNCc2ccccc2)cc1. The first-order chi connectivity index (χ1) is 19.8. The number of allylic oxidation sites excluding steroid dienone is 2. The standard InChI is InChI=1S/C17H21NO4.C15H17NO.C2H6/c1-4-16(18(20)21)17(11-10-13(2)14(3)19)22-12-15-8-6-5-7-9-15;17-15-8-6-13(7-9-15)10-11-16-12-14-4-2-1-3-5-14;1-2/h4-11,14,16,19H,1,12H2,2-3H3;1-9,16-17H,10-12H2;1-2H3/b13-10+,17-11+;;. The highest BCUT2D eigenvalue weighted by molar-refractivity contribution is 5.26. The number of benzene rings is 3. The van der Waals surface area contributed by atoms with Gasteiger partial charge in [0.15, 0.2) is 5.76 Å². The minimum absolute atomic E-state index is 0.184. The fourth-order valence-electron chi connectivity index (χ4n) is 3.36. The molecule has 0 bridgehead atoms. The quantitative estimate of drug-likeness (QED) is 0.0519. The molecule has 41 heavy (non-hydrogen) atoms. The Bertz CT molecular complexity index is 1190. The minimum atomic E-state index is -1.12. The van der Waals surface area contributed by atoms with Crippen LogP contribution in [0.3, 0.4) is 0 Å². The molecule has 3 aromatic rings. The van der Waals surface area contributed by atoms with E-state index in [1.165, 1.54) is 23.3 Å². The van der Waals surface area contributed by atoms with Crippen molar-refractivity contribution in [1.82, 2.24) is 5.32 Å². The van der Waals surface area contributed by atoms with E-state index in [-0.39, 0.29) is 12.4 Å². The van der Waals surface area contributed by atoms with Gasteiger partial charge in [-0.1, -0.05) is 99.3 Å². The van der Waals surface area contributed by atoms with Crippen LogP contribution in [-0.2, 0) is 24.3 Å². The van der Waals surface area contributed by atoms with Crippen molar-refractivity contribution in [2.45, 2.75) is 59.4 Å². The Morgan fingerprint density at radius 1 is 0.951 bits per heavy atom. The van der Waals surface area contributed by atoms with Gasteiger partial charge in [-0.2, -0.15) is 0 Å². The third-order valence-electron chi connectivity index (χ3n) is 5.86. The average Bonchev–Trinajstić information content (AvgIpc) is 2.99. The van der Waals surface area contributed by atoms with Crippen molar-refractivity contribution in [3.8, 4) is 5.75 Å². The fraction of sp³-hybridized carbons (Fsp3) is 0.294. The molecule has 0 radical (unpaired) electrons. The smallest absolute Gasteiger partial charge is 0.287 e. The van der Waals surface area contributed by atoms with Gasteiger partial charge in [0.25, 0.3) is 6.04 Å². The van der Waals surface area contributed by atoms with Crippen LogP contribution in [0.25, 0.3) is 0 Å². The number of aliphatic hydroxyl groups excluding tert-OH is 1. The summed E-state index contributed by atoms with van der Waals surface area (Å²) in [6, 6.07) is 26.0. The molecule has 220 valence electrons. The van der Waals surface area contributed by atoms with Gasteiger partial charge in [-0.05, 0) is 73.4 Å². The van der Waals surface area contributed by atoms with Crippen LogP contribution < -0.4 is 5.32 Å². The fourth-order valence-corrected chi connectivity index (χ4v) is 3.36. The zero-order valence-corrected chi connectivity index (χ0v) is 24.6. The largest absolute Gasteiger partial charge is 0.508 e. The summed E-state index contributed by atoms with van der Waals surface area (Å²) in [7, 11) is 0. The van der Waals surface area contributed by atoms with Crippen LogP contribution in [-0.4, -0.2) is 33.8 Å². The summed E-state index contributed by atoms with van der Waals surface area (Å²) in [6.07, 6.45) is 4.71. The molecule has 0 aliphatic carbocycles. The van der Waals surface area contributed by atoms with Crippen LogP contribution in [0, 0.1) is 10.1 Å². The van der Waals surface area contributed by atoms with Gasteiger partial charge >= 0.3 is 0 Å². The Balaban J connectivity index is 0.000000396. The first kappa shape index (κ1) is 34.8. The lowest BCUT2D eigenvalue weighted by atomic mass is 10.1. The van der Waals surface area contributed by atoms with Crippen LogP contribution in [0.1, 0.15) is 44.4 Å². The molecule has 0 aliphatic heterocycles. The maximum absolute atomic E-state index is 11.1. The molecule has 7 nitrogen and oxygen atoms in total. The van der Waals surface area contributed by atoms with Crippen molar-refractivity contribution in [3.05, 3.63) is 148 Å². The number of aliphatic hydroxyl groups is 1. The molecule has 7 heteroatoms. The molecular weight excluding hydrogens is 516 g/mol. The van der Waals surface area contributed by atoms with E-state index < -0.39 is 17.1 Å². The van der Waals surface area contributed by atoms with E-state index in [0.717, 1.165) is 25.1 Å². The van der Waals surface area contributed by atoms with Crippen molar-refractivity contribution < 1.29 is 19.9 Å². The maximum Gasteiger partial charge on any atom is 0.287 e. The molecule has 0 aliphatic rings.